The van der Waals surface area contributed by atoms with Gasteiger partial charge in [0.1, 0.15) is 23.4 Å². The molecule has 1 aliphatic heterocycles. The number of pyridine rings is 1. The third-order valence-electron chi connectivity index (χ3n) is 5.88. The van der Waals surface area contributed by atoms with Gasteiger partial charge >= 0.3 is 0 Å². The van der Waals surface area contributed by atoms with Crippen LogP contribution in [0.15, 0.2) is 60.9 Å². The molecule has 1 unspecified atom stereocenters. The molecule has 174 valence electrons. The van der Waals surface area contributed by atoms with E-state index in [9.17, 15) is 9.18 Å². The van der Waals surface area contributed by atoms with Crippen molar-refractivity contribution in [1.82, 2.24) is 20.1 Å². The van der Waals surface area contributed by atoms with Gasteiger partial charge in [0.05, 0.1) is 19.2 Å². The molecule has 1 fully saturated rings. The summed E-state index contributed by atoms with van der Waals surface area (Å²) in [5.74, 6) is -0.0966. The summed E-state index contributed by atoms with van der Waals surface area (Å²) in [6.07, 6.45) is 2.77. The number of hydrogen-bond acceptors (Lipinski definition) is 6. The van der Waals surface area contributed by atoms with E-state index in [0.717, 1.165) is 22.2 Å². The fraction of sp³-hybridized carbons (Fsp3) is 0.240. The molecule has 34 heavy (non-hydrogen) atoms. The Morgan fingerprint density at radius 3 is 2.88 bits per heavy atom. The Morgan fingerprint density at radius 1 is 1.24 bits per heavy atom. The highest BCUT2D eigenvalue weighted by Gasteiger charge is 2.27. The molecule has 9 heteroatoms. The van der Waals surface area contributed by atoms with Crippen molar-refractivity contribution >= 4 is 22.5 Å². The molecule has 4 aromatic rings. The summed E-state index contributed by atoms with van der Waals surface area (Å²) in [5, 5.41) is 11.3. The lowest BCUT2D eigenvalue weighted by molar-refractivity contribution is -0.133. The van der Waals surface area contributed by atoms with Gasteiger partial charge in [-0.3, -0.25) is 19.8 Å². The van der Waals surface area contributed by atoms with Gasteiger partial charge in [-0.25, -0.2) is 4.39 Å². The SMILES string of the molecule is COc1ccc(CN2CCOC(C(=O)Nc3ccc4[nH]nc(-c5ccncc5)c4c3)C2)c(F)c1. The van der Waals surface area contributed by atoms with Crippen molar-refractivity contribution < 1.29 is 18.7 Å². The predicted octanol–water partition coefficient (Wildman–Crippen LogP) is 3.61. The molecule has 3 heterocycles. The number of aromatic amines is 1. The number of nitrogens with one attached hydrogen (secondary N) is 2. The molecule has 5 rings (SSSR count). The number of aromatic nitrogens is 3. The summed E-state index contributed by atoms with van der Waals surface area (Å²) in [5.41, 5.74) is 3.79. The summed E-state index contributed by atoms with van der Waals surface area (Å²) in [6, 6.07) is 14.2. The standard InChI is InChI=1S/C25H24FN5O3/c1-33-19-4-2-17(21(26)13-19)14-31-10-11-34-23(15-31)25(32)28-18-3-5-22-20(12-18)24(30-29-22)16-6-8-27-9-7-16/h2-9,12-13,23H,10-11,14-15H2,1H3,(H,28,32)(H,29,30). The van der Waals surface area contributed by atoms with Crippen molar-refractivity contribution in [3.8, 4) is 17.0 Å². The second kappa shape index (κ2) is 9.58. The van der Waals surface area contributed by atoms with Crippen LogP contribution in [-0.2, 0) is 16.1 Å². The van der Waals surface area contributed by atoms with Crippen LogP contribution in [0.2, 0.25) is 0 Å². The number of fused-ring (bicyclic) bond motifs is 1. The maximum Gasteiger partial charge on any atom is 0.254 e. The zero-order chi connectivity index (χ0) is 23.5. The maximum absolute atomic E-state index is 14.4. The summed E-state index contributed by atoms with van der Waals surface area (Å²) in [6.45, 7) is 1.76. The number of methoxy groups -OCH3 is 1. The van der Waals surface area contributed by atoms with Crippen LogP contribution in [0, 0.1) is 5.82 Å². The minimum Gasteiger partial charge on any atom is -0.497 e. The first-order valence-corrected chi connectivity index (χ1v) is 11.0. The highest BCUT2D eigenvalue weighted by atomic mass is 19.1. The second-order valence-corrected chi connectivity index (χ2v) is 8.11. The van der Waals surface area contributed by atoms with Gasteiger partial charge in [-0.15, -0.1) is 0 Å². The van der Waals surface area contributed by atoms with Crippen LogP contribution < -0.4 is 10.1 Å². The fourth-order valence-corrected chi connectivity index (χ4v) is 4.07. The smallest absolute Gasteiger partial charge is 0.254 e. The molecule has 1 aliphatic rings. The first kappa shape index (κ1) is 22.0. The number of H-pyrrole nitrogens is 1. The number of rotatable bonds is 6. The zero-order valence-corrected chi connectivity index (χ0v) is 18.6. The number of halogens is 1. The summed E-state index contributed by atoms with van der Waals surface area (Å²) in [4.78, 5) is 19.0. The number of hydrogen-bond donors (Lipinski definition) is 2. The van der Waals surface area contributed by atoms with E-state index in [1.165, 1.54) is 13.2 Å². The molecule has 1 amide bonds. The molecule has 0 saturated carbocycles. The molecule has 0 radical (unpaired) electrons. The van der Waals surface area contributed by atoms with Gasteiger partial charge < -0.3 is 14.8 Å². The van der Waals surface area contributed by atoms with E-state index in [0.29, 0.717) is 43.2 Å². The highest BCUT2D eigenvalue weighted by molar-refractivity contribution is 5.99. The number of anilines is 1. The number of morpholine rings is 1. The molecule has 0 bridgehead atoms. The van der Waals surface area contributed by atoms with Gasteiger partial charge in [0.15, 0.2) is 0 Å². The lowest BCUT2D eigenvalue weighted by atomic mass is 10.1. The monoisotopic (exact) mass is 461 g/mol. The van der Waals surface area contributed by atoms with Gasteiger partial charge in [0.2, 0.25) is 0 Å². The predicted molar refractivity (Wildman–Crippen MR) is 126 cm³/mol. The Morgan fingerprint density at radius 2 is 2.09 bits per heavy atom. The van der Waals surface area contributed by atoms with Gasteiger partial charge in [0.25, 0.3) is 5.91 Å². The highest BCUT2D eigenvalue weighted by Crippen LogP contribution is 2.28. The Hall–Kier alpha value is -3.82. The van der Waals surface area contributed by atoms with Crippen LogP contribution in [-0.4, -0.2) is 58.9 Å². The first-order valence-electron chi connectivity index (χ1n) is 11.0. The number of benzene rings is 2. The minimum atomic E-state index is -0.658. The van der Waals surface area contributed by atoms with E-state index >= 15 is 0 Å². The molecule has 0 spiro atoms. The first-order chi connectivity index (χ1) is 16.6. The van der Waals surface area contributed by atoms with Gasteiger partial charge in [-0.1, -0.05) is 6.07 Å². The number of carbonyl (C=O) groups excluding carboxylic acids is 1. The molecule has 8 nitrogen and oxygen atoms in total. The van der Waals surface area contributed by atoms with Crippen LogP contribution in [0.25, 0.3) is 22.2 Å². The Labute approximate surface area is 195 Å². The minimum absolute atomic E-state index is 0.242. The number of amides is 1. The van der Waals surface area contributed by atoms with Crippen molar-refractivity contribution in [2.24, 2.45) is 0 Å². The quantitative estimate of drug-likeness (QED) is 0.456. The van der Waals surface area contributed by atoms with Gasteiger partial charge in [-0.05, 0) is 36.4 Å². The normalized spacial score (nSPS) is 16.5. The lowest BCUT2D eigenvalue weighted by Crippen LogP contribution is -2.47. The Bertz CT molecular complexity index is 1310. The van der Waals surface area contributed by atoms with Crippen LogP contribution in [0.3, 0.4) is 0 Å². The molecule has 2 aromatic heterocycles. The van der Waals surface area contributed by atoms with E-state index in [4.69, 9.17) is 9.47 Å². The van der Waals surface area contributed by atoms with Crippen molar-refractivity contribution in [2.75, 3.05) is 32.1 Å². The summed E-state index contributed by atoms with van der Waals surface area (Å²) < 4.78 is 25.1. The number of nitrogens with zero attached hydrogens (tertiary/aromatic N) is 3. The summed E-state index contributed by atoms with van der Waals surface area (Å²) >= 11 is 0. The van der Waals surface area contributed by atoms with Crippen LogP contribution >= 0.6 is 0 Å². The van der Waals surface area contributed by atoms with Crippen LogP contribution in [0.5, 0.6) is 5.75 Å². The van der Waals surface area contributed by atoms with E-state index in [1.807, 2.05) is 35.2 Å². The van der Waals surface area contributed by atoms with E-state index in [-0.39, 0.29) is 11.7 Å². The molecule has 2 N–H and O–H groups in total. The van der Waals surface area contributed by atoms with E-state index < -0.39 is 6.10 Å². The van der Waals surface area contributed by atoms with Gasteiger partial charge in [-0.2, -0.15) is 5.10 Å². The second-order valence-electron chi connectivity index (χ2n) is 8.11. The molecule has 1 saturated heterocycles. The third-order valence-corrected chi connectivity index (χ3v) is 5.88. The fourth-order valence-electron chi connectivity index (χ4n) is 4.07. The van der Waals surface area contributed by atoms with Crippen molar-refractivity contribution in [3.63, 3.8) is 0 Å². The van der Waals surface area contributed by atoms with E-state index in [2.05, 4.69) is 20.5 Å². The zero-order valence-electron chi connectivity index (χ0n) is 18.6. The maximum atomic E-state index is 14.4. The van der Waals surface area contributed by atoms with Crippen LogP contribution in [0.4, 0.5) is 10.1 Å². The molecule has 2 aromatic carbocycles. The van der Waals surface area contributed by atoms with Crippen molar-refractivity contribution in [3.05, 3.63) is 72.3 Å². The van der Waals surface area contributed by atoms with Crippen molar-refractivity contribution in [1.29, 1.82) is 0 Å². The number of ether oxygens (including phenoxy) is 2. The molecule has 1 atom stereocenters. The molecule has 0 aliphatic carbocycles. The van der Waals surface area contributed by atoms with Gasteiger partial charge in [0, 0.05) is 60.3 Å². The molecular weight excluding hydrogens is 437 g/mol. The van der Waals surface area contributed by atoms with E-state index in [1.54, 1.807) is 24.5 Å². The Balaban J connectivity index is 1.27. The topological polar surface area (TPSA) is 92.4 Å². The average Bonchev–Trinajstić information content (AvgIpc) is 3.29. The Kier molecular flexibility index (Phi) is 6.20. The largest absolute Gasteiger partial charge is 0.497 e. The third kappa shape index (κ3) is 4.61. The van der Waals surface area contributed by atoms with Crippen molar-refractivity contribution in [2.45, 2.75) is 12.6 Å². The average molecular weight is 461 g/mol. The summed E-state index contributed by atoms with van der Waals surface area (Å²) in [7, 11) is 1.50. The molecular formula is C25H24FN5O3. The number of carbonyl (C=O) groups is 1. The lowest BCUT2D eigenvalue weighted by Gasteiger charge is -2.32. The van der Waals surface area contributed by atoms with Crippen LogP contribution in [0.1, 0.15) is 5.56 Å².